The Bertz CT molecular complexity index is 925. The summed E-state index contributed by atoms with van der Waals surface area (Å²) in [4.78, 5) is 30.6. The van der Waals surface area contributed by atoms with E-state index in [0.29, 0.717) is 26.3 Å². The van der Waals surface area contributed by atoms with Gasteiger partial charge >= 0.3 is 0 Å². The van der Waals surface area contributed by atoms with Crippen molar-refractivity contribution in [3.05, 3.63) is 45.7 Å². The zero-order chi connectivity index (χ0) is 18.5. The van der Waals surface area contributed by atoms with E-state index in [-0.39, 0.29) is 17.0 Å². The number of aryl methyl sites for hydroxylation is 1. The van der Waals surface area contributed by atoms with Crippen molar-refractivity contribution < 1.29 is 14.3 Å². The summed E-state index contributed by atoms with van der Waals surface area (Å²) in [7, 11) is 0. The number of para-hydroxylation sites is 1. The van der Waals surface area contributed by atoms with Crippen LogP contribution in [0.3, 0.4) is 0 Å². The minimum Gasteiger partial charge on any atom is -0.378 e. The molecule has 0 radical (unpaired) electrons. The second-order valence-corrected chi connectivity index (χ2v) is 8.01. The molecule has 2 saturated heterocycles. The Labute approximate surface area is 152 Å². The first-order chi connectivity index (χ1) is 12.3. The Morgan fingerprint density at radius 3 is 2.73 bits per heavy atom. The van der Waals surface area contributed by atoms with Crippen LogP contribution in [0.25, 0.3) is 10.9 Å². The molecule has 2 aliphatic heterocycles. The standard InChI is InChI=1S/C20H24N2O4/c1-13-14-6-4-5-7-15(14)21-17(23)16(13)18(24)22-10-19(2,3)26-20(11-22)8-9-25-12-20/h4-7H,8-12H2,1-3H3,(H,21,23). The maximum absolute atomic E-state index is 13.3. The van der Waals surface area contributed by atoms with E-state index in [1.165, 1.54) is 0 Å². The van der Waals surface area contributed by atoms with Crippen molar-refractivity contribution in [2.45, 2.75) is 38.4 Å². The fourth-order valence-electron chi connectivity index (χ4n) is 4.28. The third-order valence-electron chi connectivity index (χ3n) is 5.29. The number of benzene rings is 1. The minimum atomic E-state index is -0.487. The molecule has 26 heavy (non-hydrogen) atoms. The first kappa shape index (κ1) is 17.2. The number of nitrogens with zero attached hydrogens (tertiary/aromatic N) is 1. The summed E-state index contributed by atoms with van der Waals surface area (Å²) < 4.78 is 11.8. The van der Waals surface area contributed by atoms with Crippen LogP contribution in [0.15, 0.2) is 29.1 Å². The number of amides is 1. The van der Waals surface area contributed by atoms with Crippen molar-refractivity contribution in [1.82, 2.24) is 9.88 Å². The highest BCUT2D eigenvalue weighted by Crippen LogP contribution is 2.35. The monoisotopic (exact) mass is 356 g/mol. The van der Waals surface area contributed by atoms with E-state index in [1.807, 2.05) is 45.0 Å². The van der Waals surface area contributed by atoms with Gasteiger partial charge in [0, 0.05) is 30.5 Å². The topological polar surface area (TPSA) is 71.6 Å². The molecule has 1 spiro atoms. The molecule has 6 heteroatoms. The lowest BCUT2D eigenvalue weighted by Gasteiger charge is -2.48. The Morgan fingerprint density at radius 2 is 2.00 bits per heavy atom. The molecule has 2 aliphatic rings. The lowest BCUT2D eigenvalue weighted by molar-refractivity contribution is -0.186. The van der Waals surface area contributed by atoms with Gasteiger partial charge in [0.05, 0.1) is 18.8 Å². The van der Waals surface area contributed by atoms with E-state index in [2.05, 4.69) is 4.98 Å². The third kappa shape index (κ3) is 2.83. The first-order valence-electron chi connectivity index (χ1n) is 8.99. The number of carbonyl (C=O) groups excluding carboxylic acids is 1. The van der Waals surface area contributed by atoms with Crippen LogP contribution in [0.5, 0.6) is 0 Å². The van der Waals surface area contributed by atoms with Gasteiger partial charge in [-0.25, -0.2) is 0 Å². The van der Waals surface area contributed by atoms with E-state index in [1.54, 1.807) is 4.90 Å². The number of fused-ring (bicyclic) bond motifs is 1. The molecule has 2 fully saturated rings. The van der Waals surface area contributed by atoms with Crippen LogP contribution in [0.2, 0.25) is 0 Å². The number of hydrogen-bond acceptors (Lipinski definition) is 4. The van der Waals surface area contributed by atoms with Crippen molar-refractivity contribution in [2.24, 2.45) is 0 Å². The summed E-state index contributed by atoms with van der Waals surface area (Å²) in [6.07, 6.45) is 0.757. The first-order valence-corrected chi connectivity index (χ1v) is 8.99. The Hall–Kier alpha value is -2.18. The van der Waals surface area contributed by atoms with Crippen LogP contribution in [-0.4, -0.2) is 53.3 Å². The summed E-state index contributed by atoms with van der Waals surface area (Å²) in [5.41, 5.74) is 0.376. The Morgan fingerprint density at radius 1 is 1.23 bits per heavy atom. The number of aromatic amines is 1. The van der Waals surface area contributed by atoms with Gasteiger partial charge in [0.2, 0.25) is 0 Å². The molecule has 1 unspecified atom stereocenters. The average Bonchev–Trinajstić information content (AvgIpc) is 3.00. The molecule has 1 amide bonds. The number of rotatable bonds is 1. The second-order valence-electron chi connectivity index (χ2n) is 8.01. The van der Waals surface area contributed by atoms with E-state index < -0.39 is 11.2 Å². The molecule has 1 atom stereocenters. The van der Waals surface area contributed by atoms with Gasteiger partial charge in [-0.1, -0.05) is 18.2 Å². The lowest BCUT2D eigenvalue weighted by atomic mass is 9.93. The van der Waals surface area contributed by atoms with E-state index in [9.17, 15) is 9.59 Å². The molecule has 0 bridgehead atoms. The molecule has 1 aromatic carbocycles. The number of ether oxygens (including phenoxy) is 2. The fourth-order valence-corrected chi connectivity index (χ4v) is 4.28. The van der Waals surface area contributed by atoms with Gasteiger partial charge in [0.15, 0.2) is 0 Å². The number of hydrogen-bond donors (Lipinski definition) is 1. The summed E-state index contributed by atoms with van der Waals surface area (Å²) in [5, 5.41) is 0.891. The summed E-state index contributed by atoms with van der Waals surface area (Å²) in [6, 6.07) is 7.55. The number of carbonyl (C=O) groups is 1. The number of nitrogens with one attached hydrogen (secondary N) is 1. The zero-order valence-electron chi connectivity index (χ0n) is 15.4. The molecule has 6 nitrogen and oxygen atoms in total. The van der Waals surface area contributed by atoms with Gasteiger partial charge in [-0.15, -0.1) is 0 Å². The molecule has 3 heterocycles. The van der Waals surface area contributed by atoms with Crippen molar-refractivity contribution in [3.8, 4) is 0 Å². The van der Waals surface area contributed by atoms with Crippen LogP contribution in [0.1, 0.15) is 36.2 Å². The maximum Gasteiger partial charge on any atom is 0.261 e. The Balaban J connectivity index is 1.75. The fraction of sp³-hybridized carbons (Fsp3) is 0.500. The van der Waals surface area contributed by atoms with Crippen LogP contribution < -0.4 is 5.56 Å². The van der Waals surface area contributed by atoms with Gasteiger partial charge in [0.25, 0.3) is 11.5 Å². The third-order valence-corrected chi connectivity index (χ3v) is 5.29. The van der Waals surface area contributed by atoms with Crippen molar-refractivity contribution in [3.63, 3.8) is 0 Å². The van der Waals surface area contributed by atoms with Gasteiger partial charge in [-0.3, -0.25) is 9.59 Å². The average molecular weight is 356 g/mol. The van der Waals surface area contributed by atoms with Gasteiger partial charge in [0.1, 0.15) is 11.2 Å². The predicted octanol–water partition coefficient (Wildman–Crippen LogP) is 2.25. The number of pyridine rings is 1. The molecule has 1 aromatic heterocycles. The molecule has 1 N–H and O–H groups in total. The Kier molecular flexibility index (Phi) is 3.93. The van der Waals surface area contributed by atoms with Gasteiger partial charge < -0.3 is 19.4 Å². The van der Waals surface area contributed by atoms with E-state index in [4.69, 9.17) is 9.47 Å². The predicted molar refractivity (Wildman–Crippen MR) is 98.5 cm³/mol. The molecular weight excluding hydrogens is 332 g/mol. The quantitative estimate of drug-likeness (QED) is 0.851. The summed E-state index contributed by atoms with van der Waals surface area (Å²) >= 11 is 0. The summed E-state index contributed by atoms with van der Waals surface area (Å²) in [6.45, 7) is 7.79. The normalized spacial score (nSPS) is 25.1. The molecule has 0 saturated carbocycles. The van der Waals surface area contributed by atoms with Crippen LogP contribution in [0, 0.1) is 6.92 Å². The highest BCUT2D eigenvalue weighted by molar-refractivity contribution is 6.00. The highest BCUT2D eigenvalue weighted by atomic mass is 16.6. The largest absolute Gasteiger partial charge is 0.378 e. The second kappa shape index (κ2) is 5.93. The number of aromatic nitrogens is 1. The number of H-pyrrole nitrogens is 1. The zero-order valence-corrected chi connectivity index (χ0v) is 15.4. The SMILES string of the molecule is Cc1c(C(=O)N2CC(C)(C)OC3(CCOC3)C2)c(=O)[nH]c2ccccc12. The van der Waals surface area contributed by atoms with Gasteiger partial charge in [-0.05, 0) is 32.4 Å². The van der Waals surface area contributed by atoms with Crippen molar-refractivity contribution in [2.75, 3.05) is 26.3 Å². The molecule has 0 aliphatic carbocycles. The molecule has 4 rings (SSSR count). The van der Waals surface area contributed by atoms with Crippen LogP contribution in [0.4, 0.5) is 0 Å². The maximum atomic E-state index is 13.3. The smallest absolute Gasteiger partial charge is 0.261 e. The minimum absolute atomic E-state index is 0.218. The molecular formula is C20H24N2O4. The highest BCUT2D eigenvalue weighted by Gasteiger charge is 2.48. The van der Waals surface area contributed by atoms with Crippen LogP contribution >= 0.6 is 0 Å². The molecule has 138 valence electrons. The van der Waals surface area contributed by atoms with E-state index >= 15 is 0 Å². The summed E-state index contributed by atoms with van der Waals surface area (Å²) in [5.74, 6) is -0.239. The van der Waals surface area contributed by atoms with E-state index in [0.717, 1.165) is 22.9 Å². The number of morpholine rings is 1. The van der Waals surface area contributed by atoms with Crippen molar-refractivity contribution >= 4 is 16.8 Å². The molecule has 2 aromatic rings. The van der Waals surface area contributed by atoms with Gasteiger partial charge in [-0.2, -0.15) is 0 Å². The lowest BCUT2D eigenvalue weighted by Crippen LogP contribution is -2.61. The van der Waals surface area contributed by atoms with Crippen LogP contribution in [-0.2, 0) is 9.47 Å². The van der Waals surface area contributed by atoms with Crippen molar-refractivity contribution in [1.29, 1.82) is 0 Å².